The Morgan fingerprint density at radius 1 is 1.50 bits per heavy atom. The van der Waals surface area contributed by atoms with Gasteiger partial charge in [0.25, 0.3) is 0 Å². The van der Waals surface area contributed by atoms with Gasteiger partial charge in [0.05, 0.1) is 4.34 Å². The molecule has 114 valence electrons. The second kappa shape index (κ2) is 6.10. The first-order valence-corrected chi connectivity index (χ1v) is 9.46. The van der Waals surface area contributed by atoms with Crippen LogP contribution < -0.4 is 10.0 Å². The zero-order valence-electron chi connectivity index (χ0n) is 11.4. The molecule has 0 bridgehead atoms. The Morgan fingerprint density at radius 2 is 2.20 bits per heavy atom. The minimum atomic E-state index is -3.62. The maximum atomic E-state index is 12.2. The Hall–Kier alpha value is 0.150. The van der Waals surface area contributed by atoms with Crippen molar-refractivity contribution in [1.29, 1.82) is 0 Å². The van der Waals surface area contributed by atoms with Crippen LogP contribution in [0.15, 0.2) is 11.0 Å². The van der Waals surface area contributed by atoms with Crippen molar-refractivity contribution in [3.63, 3.8) is 0 Å². The lowest BCUT2D eigenvalue weighted by atomic mass is 9.78. The summed E-state index contributed by atoms with van der Waals surface area (Å²) in [4.78, 5) is 0.0581. The molecule has 0 spiro atoms. The SMILES string of the molecule is CC1(C)CCCNC1CNS(=O)(=O)c1cc(Cl)sc1Cl. The van der Waals surface area contributed by atoms with Gasteiger partial charge in [-0.25, -0.2) is 13.1 Å². The molecule has 1 saturated heterocycles. The van der Waals surface area contributed by atoms with Crippen LogP contribution >= 0.6 is 34.5 Å². The van der Waals surface area contributed by atoms with Gasteiger partial charge in [0, 0.05) is 12.6 Å². The van der Waals surface area contributed by atoms with E-state index >= 15 is 0 Å². The summed E-state index contributed by atoms with van der Waals surface area (Å²) in [7, 11) is -3.62. The van der Waals surface area contributed by atoms with Crippen molar-refractivity contribution in [2.24, 2.45) is 5.41 Å². The molecule has 8 heteroatoms. The number of piperidine rings is 1. The van der Waals surface area contributed by atoms with Gasteiger partial charge in [-0.05, 0) is 30.9 Å². The van der Waals surface area contributed by atoms with Crippen LogP contribution in [0.3, 0.4) is 0 Å². The van der Waals surface area contributed by atoms with Crippen molar-refractivity contribution < 1.29 is 8.42 Å². The van der Waals surface area contributed by atoms with Gasteiger partial charge in [0.1, 0.15) is 9.23 Å². The smallest absolute Gasteiger partial charge is 0.243 e. The number of sulfonamides is 1. The molecule has 1 aromatic heterocycles. The third kappa shape index (κ3) is 3.67. The number of thiophene rings is 1. The molecule has 1 unspecified atom stereocenters. The zero-order chi connectivity index (χ0) is 15.0. The Balaban J connectivity index is 2.08. The van der Waals surface area contributed by atoms with Crippen molar-refractivity contribution >= 4 is 44.6 Å². The first-order valence-electron chi connectivity index (χ1n) is 6.40. The van der Waals surface area contributed by atoms with Gasteiger partial charge >= 0.3 is 0 Å². The number of hydrogen-bond acceptors (Lipinski definition) is 4. The van der Waals surface area contributed by atoms with E-state index in [-0.39, 0.29) is 20.7 Å². The van der Waals surface area contributed by atoms with Crippen LogP contribution in [-0.2, 0) is 10.0 Å². The van der Waals surface area contributed by atoms with Crippen molar-refractivity contribution in [2.45, 2.75) is 37.6 Å². The molecule has 0 amide bonds. The summed E-state index contributed by atoms with van der Waals surface area (Å²) in [6.45, 7) is 5.55. The summed E-state index contributed by atoms with van der Waals surface area (Å²) in [6, 6.07) is 1.50. The fourth-order valence-corrected chi connectivity index (χ4v) is 5.59. The minimum Gasteiger partial charge on any atom is -0.312 e. The lowest BCUT2D eigenvalue weighted by Gasteiger charge is -2.39. The van der Waals surface area contributed by atoms with Crippen molar-refractivity contribution in [3.05, 3.63) is 14.7 Å². The van der Waals surface area contributed by atoms with E-state index in [2.05, 4.69) is 23.9 Å². The summed E-state index contributed by atoms with van der Waals surface area (Å²) in [6.07, 6.45) is 2.19. The Labute approximate surface area is 133 Å². The molecule has 1 aliphatic heterocycles. The summed E-state index contributed by atoms with van der Waals surface area (Å²) in [5, 5.41) is 3.37. The van der Waals surface area contributed by atoms with E-state index in [1.165, 1.54) is 6.07 Å². The topological polar surface area (TPSA) is 58.2 Å². The lowest BCUT2D eigenvalue weighted by Crippen LogP contribution is -2.52. The number of hydrogen-bond donors (Lipinski definition) is 2. The third-order valence-corrected chi connectivity index (χ3v) is 6.90. The van der Waals surface area contributed by atoms with Gasteiger partial charge in [-0.2, -0.15) is 0 Å². The molecule has 20 heavy (non-hydrogen) atoms. The van der Waals surface area contributed by atoms with Crippen LogP contribution in [0.25, 0.3) is 0 Å². The number of halogens is 2. The van der Waals surface area contributed by atoms with Gasteiger partial charge in [-0.15, -0.1) is 11.3 Å². The number of rotatable bonds is 4. The zero-order valence-corrected chi connectivity index (χ0v) is 14.5. The van der Waals surface area contributed by atoms with Crippen LogP contribution in [-0.4, -0.2) is 27.5 Å². The van der Waals surface area contributed by atoms with E-state index in [0.717, 1.165) is 30.7 Å². The predicted octanol–water partition coefficient (Wildman–Crippen LogP) is 3.11. The molecule has 2 rings (SSSR count). The van der Waals surface area contributed by atoms with E-state index in [9.17, 15) is 8.42 Å². The molecule has 2 N–H and O–H groups in total. The van der Waals surface area contributed by atoms with E-state index in [0.29, 0.717) is 10.9 Å². The Morgan fingerprint density at radius 3 is 2.75 bits per heavy atom. The second-order valence-corrected chi connectivity index (χ2v) is 9.66. The molecular weight excluding hydrogens is 339 g/mol. The highest BCUT2D eigenvalue weighted by Crippen LogP contribution is 2.34. The minimum absolute atomic E-state index is 0.0581. The van der Waals surface area contributed by atoms with Crippen LogP contribution in [0.2, 0.25) is 8.67 Å². The average Bonchev–Trinajstić information content (AvgIpc) is 2.67. The monoisotopic (exact) mass is 356 g/mol. The molecule has 1 aromatic rings. The quantitative estimate of drug-likeness (QED) is 0.871. The van der Waals surface area contributed by atoms with Crippen molar-refractivity contribution in [2.75, 3.05) is 13.1 Å². The molecular formula is C12H18Cl2N2O2S2. The maximum Gasteiger partial charge on any atom is 0.243 e. The molecule has 0 aliphatic carbocycles. The maximum absolute atomic E-state index is 12.2. The van der Waals surface area contributed by atoms with Gasteiger partial charge in [0.15, 0.2) is 0 Å². The van der Waals surface area contributed by atoms with Gasteiger partial charge in [-0.3, -0.25) is 0 Å². The molecule has 0 radical (unpaired) electrons. The molecule has 0 saturated carbocycles. The normalized spacial score (nSPS) is 22.9. The standard InChI is InChI=1S/C12H18Cl2N2O2S2/c1-12(2)4-3-5-15-9(12)7-16-20(17,18)8-6-10(13)19-11(8)14/h6,9,15-16H,3-5,7H2,1-2H3. The molecule has 4 nitrogen and oxygen atoms in total. The van der Waals surface area contributed by atoms with Crippen LogP contribution in [0.1, 0.15) is 26.7 Å². The highest BCUT2D eigenvalue weighted by atomic mass is 35.5. The lowest BCUT2D eigenvalue weighted by molar-refractivity contribution is 0.181. The predicted molar refractivity (Wildman–Crippen MR) is 84.3 cm³/mol. The van der Waals surface area contributed by atoms with Crippen LogP contribution in [0.4, 0.5) is 0 Å². The van der Waals surface area contributed by atoms with Crippen molar-refractivity contribution in [1.82, 2.24) is 10.0 Å². The van der Waals surface area contributed by atoms with Gasteiger partial charge in [-0.1, -0.05) is 37.0 Å². The second-order valence-electron chi connectivity index (χ2n) is 5.64. The molecule has 1 atom stereocenters. The molecule has 1 aliphatic rings. The van der Waals surface area contributed by atoms with Crippen LogP contribution in [0.5, 0.6) is 0 Å². The summed E-state index contributed by atoms with van der Waals surface area (Å²) < 4.78 is 27.7. The Kier molecular flexibility index (Phi) is 5.04. The molecule has 0 aromatic carbocycles. The number of nitrogens with one attached hydrogen (secondary N) is 2. The average molecular weight is 357 g/mol. The highest BCUT2D eigenvalue weighted by molar-refractivity contribution is 7.89. The van der Waals surface area contributed by atoms with E-state index in [4.69, 9.17) is 23.2 Å². The summed E-state index contributed by atoms with van der Waals surface area (Å²) in [5.41, 5.74) is 0.0663. The van der Waals surface area contributed by atoms with Crippen molar-refractivity contribution in [3.8, 4) is 0 Å². The molecule has 2 heterocycles. The molecule has 1 fully saturated rings. The van der Waals surface area contributed by atoms with Gasteiger partial charge in [0.2, 0.25) is 10.0 Å². The first-order chi connectivity index (χ1) is 9.22. The Bertz CT molecular complexity index is 584. The largest absolute Gasteiger partial charge is 0.312 e. The third-order valence-electron chi connectivity index (χ3n) is 3.72. The van der Waals surface area contributed by atoms with E-state index in [1.807, 2.05) is 0 Å². The first kappa shape index (κ1) is 16.5. The fourth-order valence-electron chi connectivity index (χ4n) is 2.40. The van der Waals surface area contributed by atoms with E-state index in [1.54, 1.807) is 0 Å². The van der Waals surface area contributed by atoms with Crippen LogP contribution in [0, 0.1) is 5.41 Å². The summed E-state index contributed by atoms with van der Waals surface area (Å²) in [5.74, 6) is 0. The highest BCUT2D eigenvalue weighted by Gasteiger charge is 2.33. The van der Waals surface area contributed by atoms with E-state index < -0.39 is 10.0 Å². The van der Waals surface area contributed by atoms with Gasteiger partial charge < -0.3 is 5.32 Å². The fraction of sp³-hybridized carbons (Fsp3) is 0.667. The summed E-state index contributed by atoms with van der Waals surface area (Å²) >= 11 is 12.8.